The zero-order valence-corrected chi connectivity index (χ0v) is 15.3. The molecule has 0 amide bonds. The van der Waals surface area contributed by atoms with Gasteiger partial charge in [0.1, 0.15) is 5.76 Å². The molecule has 0 radical (unpaired) electrons. The highest BCUT2D eigenvalue weighted by Crippen LogP contribution is 2.25. The van der Waals surface area contributed by atoms with Gasteiger partial charge in [-0.1, -0.05) is 17.7 Å². The fourth-order valence-corrected chi connectivity index (χ4v) is 3.65. The van der Waals surface area contributed by atoms with Crippen LogP contribution < -0.4 is 0 Å². The van der Waals surface area contributed by atoms with Gasteiger partial charge >= 0.3 is 0 Å². The summed E-state index contributed by atoms with van der Waals surface area (Å²) in [6.07, 6.45) is 1.03. The second-order valence-corrected chi connectivity index (χ2v) is 7.88. The summed E-state index contributed by atoms with van der Waals surface area (Å²) in [6.45, 7) is 3.94. The Kier molecular flexibility index (Phi) is 4.78. The lowest BCUT2D eigenvalue weighted by atomic mass is 10.1. The van der Waals surface area contributed by atoms with Crippen LogP contribution in [0.15, 0.2) is 44.6 Å². The average molecular weight is 390 g/mol. The smallest absolute Gasteiger partial charge is 0.226 e. The Morgan fingerprint density at radius 3 is 2.57 bits per heavy atom. The molecule has 0 saturated heterocycles. The Bertz CT molecular complexity index is 833. The van der Waals surface area contributed by atoms with E-state index in [0.29, 0.717) is 18.7 Å². The highest BCUT2D eigenvalue weighted by molar-refractivity contribution is 9.11. The van der Waals surface area contributed by atoms with Crippen molar-refractivity contribution in [3.8, 4) is 11.5 Å². The Labute approximate surface area is 147 Å². The van der Waals surface area contributed by atoms with E-state index >= 15 is 0 Å². The Morgan fingerprint density at radius 2 is 1.91 bits per heavy atom. The average Bonchev–Trinajstić information content (AvgIpc) is 3.12. The van der Waals surface area contributed by atoms with E-state index < -0.39 is 0 Å². The van der Waals surface area contributed by atoms with E-state index in [1.807, 2.05) is 50.2 Å². The molecule has 3 nitrogen and oxygen atoms in total. The second-order valence-electron chi connectivity index (χ2n) is 5.41. The highest BCUT2D eigenvalue weighted by Gasteiger charge is 2.14. The normalized spacial score (nSPS) is 10.9. The first-order valence-corrected chi connectivity index (χ1v) is 8.96. The maximum Gasteiger partial charge on any atom is 0.226 e. The van der Waals surface area contributed by atoms with Gasteiger partial charge in [-0.25, -0.2) is 4.98 Å². The highest BCUT2D eigenvalue weighted by atomic mass is 79.9. The van der Waals surface area contributed by atoms with Gasteiger partial charge in [0.05, 0.1) is 14.4 Å². The molecule has 3 rings (SSSR count). The molecule has 118 valence electrons. The third-order valence-electron chi connectivity index (χ3n) is 3.63. The minimum absolute atomic E-state index is 0.139. The first-order chi connectivity index (χ1) is 11.0. The first-order valence-electron chi connectivity index (χ1n) is 7.35. The summed E-state index contributed by atoms with van der Waals surface area (Å²) in [5, 5.41) is 0. The molecular weight excluding hydrogens is 374 g/mol. The number of aryl methyl sites for hydroxylation is 3. The van der Waals surface area contributed by atoms with Crippen molar-refractivity contribution in [2.24, 2.45) is 0 Å². The molecule has 0 aliphatic rings. The minimum Gasteiger partial charge on any atom is -0.441 e. The van der Waals surface area contributed by atoms with Crippen LogP contribution in [0.4, 0.5) is 0 Å². The van der Waals surface area contributed by atoms with Gasteiger partial charge in [-0.15, -0.1) is 11.3 Å². The van der Waals surface area contributed by atoms with Crippen LogP contribution in [0.2, 0.25) is 0 Å². The van der Waals surface area contributed by atoms with Crippen LogP contribution in [0, 0.1) is 13.8 Å². The van der Waals surface area contributed by atoms with Crippen LogP contribution in [0.3, 0.4) is 0 Å². The van der Waals surface area contributed by atoms with Crippen LogP contribution in [-0.4, -0.2) is 10.8 Å². The van der Waals surface area contributed by atoms with E-state index in [9.17, 15) is 4.79 Å². The number of carbonyl (C=O) groups is 1. The Hall–Kier alpha value is -1.72. The van der Waals surface area contributed by atoms with Crippen molar-refractivity contribution in [2.75, 3.05) is 0 Å². The van der Waals surface area contributed by atoms with Crippen molar-refractivity contribution in [1.82, 2.24) is 4.98 Å². The number of carbonyl (C=O) groups excluding carboxylic acids is 1. The van der Waals surface area contributed by atoms with Crippen molar-refractivity contribution in [3.63, 3.8) is 0 Å². The molecule has 2 heterocycles. The number of benzene rings is 1. The summed E-state index contributed by atoms with van der Waals surface area (Å²) in [6, 6.07) is 11.8. The molecule has 1 aromatic carbocycles. The topological polar surface area (TPSA) is 43.1 Å². The van der Waals surface area contributed by atoms with Crippen molar-refractivity contribution >= 4 is 33.0 Å². The zero-order chi connectivity index (χ0) is 16.4. The van der Waals surface area contributed by atoms with Crippen molar-refractivity contribution in [3.05, 3.63) is 62.1 Å². The number of thiophene rings is 1. The molecule has 0 aliphatic heterocycles. The van der Waals surface area contributed by atoms with E-state index in [1.165, 1.54) is 16.9 Å². The number of halogens is 1. The van der Waals surface area contributed by atoms with Crippen molar-refractivity contribution < 1.29 is 9.21 Å². The first kappa shape index (κ1) is 16.1. The van der Waals surface area contributed by atoms with Gasteiger partial charge in [-0.3, -0.25) is 4.79 Å². The molecule has 3 aromatic rings. The third kappa shape index (κ3) is 3.79. The van der Waals surface area contributed by atoms with E-state index in [4.69, 9.17) is 4.42 Å². The molecule has 0 bridgehead atoms. The number of Topliss-reactive ketones (excluding diaryl/α,β-unsaturated/α-hetero) is 1. The molecule has 5 heteroatoms. The summed E-state index contributed by atoms with van der Waals surface area (Å²) < 4.78 is 6.73. The maximum atomic E-state index is 12.2. The number of hydrogen-bond acceptors (Lipinski definition) is 4. The van der Waals surface area contributed by atoms with Gasteiger partial charge in [0, 0.05) is 18.4 Å². The van der Waals surface area contributed by atoms with Gasteiger partial charge in [0.2, 0.25) is 5.89 Å². The van der Waals surface area contributed by atoms with Gasteiger partial charge in [0.25, 0.3) is 0 Å². The number of rotatable bonds is 5. The summed E-state index contributed by atoms with van der Waals surface area (Å²) in [5.74, 6) is 1.53. The van der Waals surface area contributed by atoms with Crippen LogP contribution >= 0.6 is 27.3 Å². The summed E-state index contributed by atoms with van der Waals surface area (Å²) in [7, 11) is 0. The van der Waals surface area contributed by atoms with Crippen LogP contribution in [0.25, 0.3) is 11.5 Å². The predicted octanol–water partition coefficient (Wildman–Crippen LogP) is 5.60. The summed E-state index contributed by atoms with van der Waals surface area (Å²) in [5.41, 5.74) is 3.01. The van der Waals surface area contributed by atoms with E-state index in [2.05, 4.69) is 20.9 Å². The number of nitrogens with zero attached hydrogens (tertiary/aromatic N) is 1. The van der Waals surface area contributed by atoms with Crippen LogP contribution in [0.1, 0.15) is 33.1 Å². The van der Waals surface area contributed by atoms with Crippen LogP contribution in [-0.2, 0) is 6.42 Å². The number of hydrogen-bond donors (Lipinski definition) is 0. The van der Waals surface area contributed by atoms with Gasteiger partial charge in [-0.2, -0.15) is 0 Å². The fourth-order valence-electron chi connectivity index (χ4n) is 2.30. The molecule has 23 heavy (non-hydrogen) atoms. The second kappa shape index (κ2) is 6.81. The molecule has 0 unspecified atom stereocenters. The van der Waals surface area contributed by atoms with Crippen molar-refractivity contribution in [2.45, 2.75) is 26.7 Å². The SMILES string of the molecule is Cc1ccc(-c2nc(CCC(=O)c3ccc(Br)s3)c(C)o2)cc1. The molecule has 0 spiro atoms. The van der Waals surface area contributed by atoms with Crippen LogP contribution in [0.5, 0.6) is 0 Å². The minimum atomic E-state index is 0.139. The summed E-state index contributed by atoms with van der Waals surface area (Å²) >= 11 is 4.84. The third-order valence-corrected chi connectivity index (χ3v) is 5.29. The monoisotopic (exact) mass is 389 g/mol. The van der Waals surface area contributed by atoms with E-state index in [-0.39, 0.29) is 5.78 Å². The zero-order valence-electron chi connectivity index (χ0n) is 12.9. The Balaban J connectivity index is 1.71. The number of oxazole rings is 1. The molecule has 0 fully saturated rings. The quantitative estimate of drug-likeness (QED) is 0.533. The lowest BCUT2D eigenvalue weighted by molar-refractivity contribution is 0.0986. The fraction of sp³-hybridized carbons (Fsp3) is 0.222. The van der Waals surface area contributed by atoms with Crippen molar-refractivity contribution in [1.29, 1.82) is 0 Å². The molecule has 2 aromatic heterocycles. The largest absolute Gasteiger partial charge is 0.441 e. The molecule has 0 saturated carbocycles. The van der Waals surface area contributed by atoms with Gasteiger partial charge in [-0.05, 0) is 54.0 Å². The van der Waals surface area contributed by atoms with Gasteiger partial charge < -0.3 is 4.42 Å². The van der Waals surface area contributed by atoms with E-state index in [1.54, 1.807) is 0 Å². The van der Waals surface area contributed by atoms with E-state index in [0.717, 1.165) is 25.7 Å². The van der Waals surface area contributed by atoms with Gasteiger partial charge in [0.15, 0.2) is 5.78 Å². The molecular formula is C18H16BrNO2S. The predicted molar refractivity (Wildman–Crippen MR) is 96.1 cm³/mol. The summed E-state index contributed by atoms with van der Waals surface area (Å²) in [4.78, 5) is 17.5. The Morgan fingerprint density at radius 1 is 1.17 bits per heavy atom. The molecule has 0 atom stereocenters. The lowest BCUT2D eigenvalue weighted by Gasteiger charge is -1.96. The number of ketones is 1. The molecule has 0 N–H and O–H groups in total. The maximum absolute atomic E-state index is 12.2. The number of aromatic nitrogens is 1. The lowest BCUT2D eigenvalue weighted by Crippen LogP contribution is -1.99. The standard InChI is InChI=1S/C18H16BrNO2S/c1-11-3-5-13(6-4-11)18-20-14(12(2)22-18)7-8-15(21)16-9-10-17(19)23-16/h3-6,9-10H,7-8H2,1-2H3. The molecule has 0 aliphatic carbocycles.